The second kappa shape index (κ2) is 5.98. The van der Waals surface area contributed by atoms with Gasteiger partial charge in [0.2, 0.25) is 15.9 Å². The van der Waals surface area contributed by atoms with E-state index in [2.05, 4.69) is 16.4 Å². The molecule has 116 valence electrons. The van der Waals surface area contributed by atoms with E-state index in [1.165, 1.54) is 4.90 Å². The summed E-state index contributed by atoms with van der Waals surface area (Å²) < 4.78 is 28.0. The van der Waals surface area contributed by atoms with Crippen molar-refractivity contribution in [2.75, 3.05) is 17.2 Å². The third kappa shape index (κ3) is 3.92. The Morgan fingerprint density at radius 2 is 2.29 bits per heavy atom. The highest BCUT2D eigenvalue weighted by molar-refractivity contribution is 7.89. The first kappa shape index (κ1) is 15.7. The molecule has 0 unspecified atom stereocenters. The summed E-state index contributed by atoms with van der Waals surface area (Å²) in [6.45, 7) is 5.78. The predicted octanol–water partition coefficient (Wildman–Crippen LogP) is 0.411. The van der Waals surface area contributed by atoms with Crippen molar-refractivity contribution >= 4 is 21.7 Å². The number of carbonyl (C=O) groups is 1. The first-order valence-corrected chi connectivity index (χ1v) is 8.39. The third-order valence-electron chi connectivity index (χ3n) is 3.17. The Bertz CT molecular complexity index is 650. The summed E-state index contributed by atoms with van der Waals surface area (Å²) in [6, 6.07) is 1.01. The van der Waals surface area contributed by atoms with Gasteiger partial charge in [0.25, 0.3) is 0 Å². The second-order valence-electron chi connectivity index (χ2n) is 5.37. The van der Waals surface area contributed by atoms with E-state index in [0.29, 0.717) is 24.4 Å². The standard InChI is InChI=1S/C13H20N4O3S/c1-10(2)9-21(19,20)15-11-5-4-7-17(13(11)18)12-6-8-16(3)14-12/h6,8,11,15H,1,4-5,7,9H2,2-3H3/t11-/m1/s1. The number of anilines is 1. The summed E-state index contributed by atoms with van der Waals surface area (Å²) >= 11 is 0. The van der Waals surface area contributed by atoms with Gasteiger partial charge in [-0.25, -0.2) is 13.1 Å². The van der Waals surface area contributed by atoms with E-state index < -0.39 is 16.1 Å². The van der Waals surface area contributed by atoms with Gasteiger partial charge in [-0.1, -0.05) is 12.2 Å². The molecule has 0 aromatic carbocycles. The number of rotatable bonds is 5. The molecular formula is C13H20N4O3S. The zero-order chi connectivity index (χ0) is 15.6. The molecule has 1 fully saturated rings. The molecule has 1 amide bonds. The number of nitrogens with one attached hydrogen (secondary N) is 1. The molecular weight excluding hydrogens is 292 g/mol. The molecule has 0 aliphatic carbocycles. The molecule has 2 rings (SSSR count). The van der Waals surface area contributed by atoms with E-state index in [-0.39, 0.29) is 11.7 Å². The maximum atomic E-state index is 12.4. The quantitative estimate of drug-likeness (QED) is 0.798. The minimum atomic E-state index is -3.54. The summed E-state index contributed by atoms with van der Waals surface area (Å²) in [5.74, 6) is 0.122. The minimum absolute atomic E-state index is 0.166. The van der Waals surface area contributed by atoms with Crippen molar-refractivity contribution in [3.63, 3.8) is 0 Å². The molecule has 0 saturated carbocycles. The van der Waals surface area contributed by atoms with E-state index in [4.69, 9.17) is 0 Å². The van der Waals surface area contributed by atoms with Gasteiger partial charge in [-0.05, 0) is 19.8 Å². The molecule has 0 bridgehead atoms. The summed E-state index contributed by atoms with van der Waals surface area (Å²) in [5, 5.41) is 4.19. The maximum absolute atomic E-state index is 12.4. The molecule has 1 aliphatic heterocycles. The average molecular weight is 312 g/mol. The van der Waals surface area contributed by atoms with Crippen LogP contribution in [0.3, 0.4) is 0 Å². The van der Waals surface area contributed by atoms with Crippen molar-refractivity contribution < 1.29 is 13.2 Å². The van der Waals surface area contributed by atoms with Crippen LogP contribution in [-0.2, 0) is 21.9 Å². The van der Waals surface area contributed by atoms with E-state index in [0.717, 1.165) is 6.42 Å². The van der Waals surface area contributed by atoms with Gasteiger partial charge in [0.15, 0.2) is 5.82 Å². The summed E-state index contributed by atoms with van der Waals surface area (Å²) in [7, 11) is -1.77. The zero-order valence-electron chi connectivity index (χ0n) is 12.2. The third-order valence-corrected chi connectivity index (χ3v) is 4.69. The van der Waals surface area contributed by atoms with Gasteiger partial charge in [0.05, 0.1) is 5.75 Å². The number of piperidine rings is 1. The van der Waals surface area contributed by atoms with Crippen LogP contribution in [0, 0.1) is 0 Å². The SMILES string of the molecule is C=C(C)CS(=O)(=O)N[C@@H]1CCCN(c2ccn(C)n2)C1=O. The van der Waals surface area contributed by atoms with Crippen LogP contribution in [0.4, 0.5) is 5.82 Å². The fraction of sp³-hybridized carbons (Fsp3) is 0.538. The number of amides is 1. The van der Waals surface area contributed by atoms with Crippen molar-refractivity contribution in [1.29, 1.82) is 0 Å². The molecule has 2 heterocycles. The van der Waals surface area contributed by atoms with Gasteiger partial charge in [-0.2, -0.15) is 5.10 Å². The van der Waals surface area contributed by atoms with Crippen molar-refractivity contribution in [3.05, 3.63) is 24.4 Å². The van der Waals surface area contributed by atoms with E-state index in [1.54, 1.807) is 30.9 Å². The van der Waals surface area contributed by atoms with E-state index >= 15 is 0 Å². The highest BCUT2D eigenvalue weighted by Gasteiger charge is 2.33. The molecule has 1 aromatic heterocycles. The molecule has 1 aliphatic rings. The second-order valence-corrected chi connectivity index (χ2v) is 7.12. The molecule has 0 radical (unpaired) electrons. The lowest BCUT2D eigenvalue weighted by Gasteiger charge is -2.31. The Hall–Kier alpha value is -1.67. The highest BCUT2D eigenvalue weighted by atomic mass is 32.2. The zero-order valence-corrected chi connectivity index (χ0v) is 13.1. The van der Waals surface area contributed by atoms with Gasteiger partial charge in [0.1, 0.15) is 6.04 Å². The molecule has 7 nitrogen and oxygen atoms in total. The fourth-order valence-corrected chi connectivity index (χ4v) is 3.73. The smallest absolute Gasteiger partial charge is 0.246 e. The Balaban J connectivity index is 2.11. The lowest BCUT2D eigenvalue weighted by molar-refractivity contribution is -0.121. The van der Waals surface area contributed by atoms with Crippen LogP contribution in [-0.4, -0.2) is 42.4 Å². The first-order valence-electron chi connectivity index (χ1n) is 6.74. The minimum Gasteiger partial charge on any atom is -0.294 e. The topological polar surface area (TPSA) is 84.3 Å². The number of nitrogens with zero attached hydrogens (tertiary/aromatic N) is 3. The van der Waals surface area contributed by atoms with Crippen LogP contribution in [0.5, 0.6) is 0 Å². The Kier molecular flexibility index (Phi) is 4.48. The molecule has 1 atom stereocenters. The predicted molar refractivity (Wildman–Crippen MR) is 80.3 cm³/mol. The number of aromatic nitrogens is 2. The fourth-order valence-electron chi connectivity index (χ4n) is 2.34. The monoisotopic (exact) mass is 312 g/mol. The number of hydrogen-bond donors (Lipinski definition) is 1. The average Bonchev–Trinajstić information content (AvgIpc) is 2.76. The molecule has 0 spiro atoms. The molecule has 8 heteroatoms. The lowest BCUT2D eigenvalue weighted by Crippen LogP contribution is -2.53. The van der Waals surface area contributed by atoms with Crippen LogP contribution in [0.25, 0.3) is 0 Å². The van der Waals surface area contributed by atoms with Crippen molar-refractivity contribution in [2.24, 2.45) is 7.05 Å². The number of hydrogen-bond acceptors (Lipinski definition) is 4. The van der Waals surface area contributed by atoms with Crippen LogP contribution in [0.15, 0.2) is 24.4 Å². The van der Waals surface area contributed by atoms with Gasteiger partial charge < -0.3 is 0 Å². The van der Waals surface area contributed by atoms with Crippen LogP contribution >= 0.6 is 0 Å². The van der Waals surface area contributed by atoms with Gasteiger partial charge >= 0.3 is 0 Å². The van der Waals surface area contributed by atoms with Crippen molar-refractivity contribution in [3.8, 4) is 0 Å². The van der Waals surface area contributed by atoms with E-state index in [1.807, 2.05) is 0 Å². The Morgan fingerprint density at radius 1 is 1.57 bits per heavy atom. The first-order chi connectivity index (χ1) is 9.78. The van der Waals surface area contributed by atoms with E-state index in [9.17, 15) is 13.2 Å². The van der Waals surface area contributed by atoms with Crippen LogP contribution in [0.1, 0.15) is 19.8 Å². The number of aryl methyl sites for hydroxylation is 1. The lowest BCUT2D eigenvalue weighted by atomic mass is 10.1. The Morgan fingerprint density at radius 3 is 2.86 bits per heavy atom. The largest absolute Gasteiger partial charge is 0.294 e. The molecule has 1 saturated heterocycles. The van der Waals surface area contributed by atoms with Crippen LogP contribution in [0.2, 0.25) is 0 Å². The van der Waals surface area contributed by atoms with Crippen molar-refractivity contribution in [2.45, 2.75) is 25.8 Å². The highest BCUT2D eigenvalue weighted by Crippen LogP contribution is 2.19. The summed E-state index contributed by atoms with van der Waals surface area (Å²) in [6.07, 6.45) is 2.97. The maximum Gasteiger partial charge on any atom is 0.246 e. The van der Waals surface area contributed by atoms with Crippen LogP contribution < -0.4 is 9.62 Å². The summed E-state index contributed by atoms with van der Waals surface area (Å²) in [4.78, 5) is 14.0. The number of sulfonamides is 1. The molecule has 1 aromatic rings. The van der Waals surface area contributed by atoms with Gasteiger partial charge in [0, 0.05) is 25.9 Å². The Labute approximate surface area is 124 Å². The molecule has 21 heavy (non-hydrogen) atoms. The normalized spacial score (nSPS) is 19.8. The number of carbonyl (C=O) groups excluding carboxylic acids is 1. The molecule has 1 N–H and O–H groups in total. The summed E-state index contributed by atoms with van der Waals surface area (Å²) in [5.41, 5.74) is 0.535. The van der Waals surface area contributed by atoms with Gasteiger partial charge in [-0.15, -0.1) is 0 Å². The van der Waals surface area contributed by atoms with Crippen molar-refractivity contribution in [1.82, 2.24) is 14.5 Å². The van der Waals surface area contributed by atoms with Gasteiger partial charge in [-0.3, -0.25) is 14.4 Å².